The molecule has 21 heavy (non-hydrogen) atoms. The Bertz CT molecular complexity index is 644. The number of carbonyl (C=O) groups is 1. The molecule has 7 heteroatoms. The molecule has 0 unspecified atom stereocenters. The molecule has 0 radical (unpaired) electrons. The molecule has 1 aromatic carbocycles. The van der Waals surface area contributed by atoms with E-state index in [0.717, 1.165) is 12.1 Å². The van der Waals surface area contributed by atoms with Gasteiger partial charge in [0.1, 0.15) is 5.82 Å². The van der Waals surface area contributed by atoms with Crippen LogP contribution in [0.25, 0.3) is 0 Å². The molecule has 0 aliphatic carbocycles. The predicted octanol–water partition coefficient (Wildman–Crippen LogP) is 2.42. The van der Waals surface area contributed by atoms with E-state index in [4.69, 9.17) is 9.84 Å². The van der Waals surface area contributed by atoms with Gasteiger partial charge in [-0.1, -0.05) is 0 Å². The zero-order valence-corrected chi connectivity index (χ0v) is 13.3. The summed E-state index contributed by atoms with van der Waals surface area (Å²) in [6, 6.07) is 1.79. The fourth-order valence-electron chi connectivity index (χ4n) is 1.67. The first-order chi connectivity index (χ1) is 9.44. The first kappa shape index (κ1) is 17.6. The third-order valence-corrected chi connectivity index (χ3v) is 4.56. The lowest BCUT2D eigenvalue weighted by molar-refractivity contribution is 0.00644. The molecule has 0 bridgehead atoms. The summed E-state index contributed by atoms with van der Waals surface area (Å²) >= 11 is 0. The lowest BCUT2D eigenvalue weighted by Gasteiger charge is -2.19. The maximum atomic E-state index is 13.7. The number of halogens is 1. The molecule has 0 atom stereocenters. The van der Waals surface area contributed by atoms with Crippen molar-refractivity contribution in [2.24, 2.45) is 0 Å². The normalized spacial score (nSPS) is 12.4. The van der Waals surface area contributed by atoms with Gasteiger partial charge in [-0.15, -0.1) is 0 Å². The minimum atomic E-state index is -3.82. The summed E-state index contributed by atoms with van der Waals surface area (Å²) in [5.74, 6) is -2.57. The van der Waals surface area contributed by atoms with Gasteiger partial charge in [0.05, 0.1) is 28.4 Å². The molecular weight excluding hydrogens is 299 g/mol. The maximum absolute atomic E-state index is 13.7. The van der Waals surface area contributed by atoms with E-state index in [9.17, 15) is 17.6 Å². The second kappa shape index (κ2) is 6.11. The number of sulfone groups is 1. The first-order valence-electron chi connectivity index (χ1n) is 6.34. The van der Waals surface area contributed by atoms with E-state index in [0.29, 0.717) is 0 Å². The smallest absolute Gasteiger partial charge is 0.335 e. The Morgan fingerprint density at radius 3 is 2.38 bits per heavy atom. The van der Waals surface area contributed by atoms with E-state index in [1.807, 2.05) is 0 Å². The molecule has 1 rings (SSSR count). The summed E-state index contributed by atoms with van der Waals surface area (Å²) in [5, 5.41) is 8.89. The maximum Gasteiger partial charge on any atom is 0.335 e. The zero-order valence-electron chi connectivity index (χ0n) is 12.4. The van der Waals surface area contributed by atoms with Gasteiger partial charge in [0.2, 0.25) is 0 Å². The number of carboxylic acids is 1. The SMILES string of the molecule is Cc1c(F)cc(C(=O)O)cc1S(=O)(=O)CCOC(C)(C)C. The molecule has 1 N–H and O–H groups in total. The van der Waals surface area contributed by atoms with Gasteiger partial charge in [-0.25, -0.2) is 17.6 Å². The van der Waals surface area contributed by atoms with Gasteiger partial charge in [0.25, 0.3) is 0 Å². The molecule has 0 aliphatic heterocycles. The Morgan fingerprint density at radius 1 is 1.33 bits per heavy atom. The second-order valence-corrected chi connectivity index (χ2v) is 7.74. The molecule has 0 saturated heterocycles. The van der Waals surface area contributed by atoms with E-state index < -0.39 is 32.8 Å². The molecule has 0 heterocycles. The fourth-order valence-corrected chi connectivity index (χ4v) is 3.06. The average molecular weight is 318 g/mol. The number of carboxylic acid groups (broad SMARTS) is 1. The fraction of sp³-hybridized carbons (Fsp3) is 0.500. The summed E-state index contributed by atoms with van der Waals surface area (Å²) in [5.41, 5.74) is -0.970. The van der Waals surface area contributed by atoms with E-state index in [1.54, 1.807) is 20.8 Å². The topological polar surface area (TPSA) is 80.7 Å². The van der Waals surface area contributed by atoms with E-state index in [-0.39, 0.29) is 22.8 Å². The highest BCUT2D eigenvalue weighted by Crippen LogP contribution is 2.22. The molecule has 0 fully saturated rings. The molecule has 1 aromatic rings. The van der Waals surface area contributed by atoms with Crippen LogP contribution in [0, 0.1) is 12.7 Å². The van der Waals surface area contributed by atoms with E-state index in [2.05, 4.69) is 0 Å². The van der Waals surface area contributed by atoms with Crippen LogP contribution in [0.3, 0.4) is 0 Å². The van der Waals surface area contributed by atoms with Crippen LogP contribution in [-0.4, -0.2) is 37.5 Å². The van der Waals surface area contributed by atoms with Gasteiger partial charge in [-0.05, 0) is 39.8 Å². The minimum absolute atomic E-state index is 0.0514. The highest BCUT2D eigenvalue weighted by atomic mass is 32.2. The van der Waals surface area contributed by atoms with Crippen molar-refractivity contribution in [2.45, 2.75) is 38.2 Å². The van der Waals surface area contributed by atoms with Gasteiger partial charge in [-0.2, -0.15) is 0 Å². The van der Waals surface area contributed by atoms with Crippen LogP contribution < -0.4 is 0 Å². The Kier molecular flexibility index (Phi) is 5.11. The van der Waals surface area contributed by atoms with Gasteiger partial charge in [0, 0.05) is 5.56 Å². The third-order valence-electron chi connectivity index (χ3n) is 2.77. The van der Waals surface area contributed by atoms with E-state index in [1.165, 1.54) is 6.92 Å². The average Bonchev–Trinajstić information content (AvgIpc) is 2.29. The highest BCUT2D eigenvalue weighted by Gasteiger charge is 2.23. The number of hydrogen-bond acceptors (Lipinski definition) is 4. The van der Waals surface area contributed by atoms with Crippen molar-refractivity contribution >= 4 is 15.8 Å². The summed E-state index contributed by atoms with van der Waals surface area (Å²) in [6.07, 6.45) is 0. The van der Waals surface area contributed by atoms with Crippen molar-refractivity contribution < 1.29 is 27.4 Å². The monoisotopic (exact) mass is 318 g/mol. The van der Waals surface area contributed by atoms with Crippen LogP contribution in [0.1, 0.15) is 36.7 Å². The van der Waals surface area contributed by atoms with Crippen molar-refractivity contribution in [1.29, 1.82) is 0 Å². The molecule has 0 aliphatic rings. The molecule has 0 spiro atoms. The molecule has 118 valence electrons. The van der Waals surface area contributed by atoms with Crippen LogP contribution in [0.5, 0.6) is 0 Å². The van der Waals surface area contributed by atoms with Gasteiger partial charge in [-0.3, -0.25) is 0 Å². The van der Waals surface area contributed by atoms with Gasteiger partial charge in [0.15, 0.2) is 9.84 Å². The number of rotatable bonds is 5. The Balaban J connectivity index is 3.11. The van der Waals surface area contributed by atoms with Crippen LogP contribution in [0.15, 0.2) is 17.0 Å². The summed E-state index contributed by atoms with van der Waals surface area (Å²) < 4.78 is 43.5. The third kappa shape index (κ3) is 4.78. The van der Waals surface area contributed by atoms with Gasteiger partial charge < -0.3 is 9.84 Å². The molecule has 0 amide bonds. The second-order valence-electron chi connectivity index (χ2n) is 5.67. The van der Waals surface area contributed by atoms with E-state index >= 15 is 0 Å². The van der Waals surface area contributed by atoms with Crippen molar-refractivity contribution in [2.75, 3.05) is 12.4 Å². The Hall–Kier alpha value is -1.47. The predicted molar refractivity (Wildman–Crippen MR) is 75.9 cm³/mol. The molecule has 5 nitrogen and oxygen atoms in total. The lowest BCUT2D eigenvalue weighted by Crippen LogP contribution is -2.24. The van der Waals surface area contributed by atoms with Crippen molar-refractivity contribution in [3.63, 3.8) is 0 Å². The van der Waals surface area contributed by atoms with Crippen LogP contribution in [-0.2, 0) is 14.6 Å². The summed E-state index contributed by atoms with van der Waals surface area (Å²) in [7, 11) is -3.82. The van der Waals surface area contributed by atoms with Gasteiger partial charge >= 0.3 is 5.97 Å². The number of ether oxygens (including phenoxy) is 1. The largest absolute Gasteiger partial charge is 0.478 e. The number of aromatic carboxylic acids is 1. The standard InChI is InChI=1S/C14H19FO5S/c1-9-11(15)7-10(13(16)17)8-12(9)21(18,19)6-5-20-14(2,3)4/h7-8H,5-6H2,1-4H3,(H,16,17). The van der Waals surface area contributed by atoms with Crippen LogP contribution >= 0.6 is 0 Å². The molecule has 0 saturated carbocycles. The van der Waals surface area contributed by atoms with Crippen molar-refractivity contribution in [3.05, 3.63) is 29.1 Å². The number of hydrogen-bond donors (Lipinski definition) is 1. The first-order valence-corrected chi connectivity index (χ1v) is 7.99. The summed E-state index contributed by atoms with van der Waals surface area (Å²) in [4.78, 5) is 10.6. The minimum Gasteiger partial charge on any atom is -0.478 e. The quantitative estimate of drug-likeness (QED) is 0.902. The molecular formula is C14H19FO5S. The Morgan fingerprint density at radius 2 is 1.90 bits per heavy atom. The number of benzene rings is 1. The van der Waals surface area contributed by atoms with Crippen LogP contribution in [0.2, 0.25) is 0 Å². The molecule has 0 aromatic heterocycles. The van der Waals surface area contributed by atoms with Crippen molar-refractivity contribution in [3.8, 4) is 0 Å². The highest BCUT2D eigenvalue weighted by molar-refractivity contribution is 7.91. The Labute approximate surface area is 123 Å². The zero-order chi connectivity index (χ0) is 16.4. The van der Waals surface area contributed by atoms with Crippen molar-refractivity contribution in [1.82, 2.24) is 0 Å². The lowest BCUT2D eigenvalue weighted by atomic mass is 10.1. The van der Waals surface area contributed by atoms with Crippen LogP contribution in [0.4, 0.5) is 4.39 Å². The summed E-state index contributed by atoms with van der Waals surface area (Å²) in [6.45, 7) is 6.61.